The molecule has 50 heavy (non-hydrogen) atoms. The zero-order valence-electron chi connectivity index (χ0n) is 25.6. The monoisotopic (exact) mass is 692 g/mol. The molecule has 2 aliphatic rings. The lowest BCUT2D eigenvalue weighted by molar-refractivity contribution is -0.136. The number of nitrogens with one attached hydrogen (secondary N) is 1. The number of carbonyl (C=O) groups is 4. The largest absolute Gasteiger partial charge is 0.505 e. The molecule has 0 saturated heterocycles. The van der Waals surface area contributed by atoms with Gasteiger partial charge in [0.25, 0.3) is 5.91 Å². The van der Waals surface area contributed by atoms with E-state index in [1.807, 2.05) is 0 Å². The molecule has 1 amide bonds. The zero-order valence-corrected chi connectivity index (χ0v) is 25.6. The molecule has 14 nitrogen and oxygen atoms in total. The molecule has 3 aromatic carbocycles. The summed E-state index contributed by atoms with van der Waals surface area (Å²) < 4.78 is 40.1. The van der Waals surface area contributed by atoms with Crippen LogP contribution in [-0.4, -0.2) is 75.7 Å². The van der Waals surface area contributed by atoms with E-state index in [0.29, 0.717) is 5.56 Å². The third-order valence-electron chi connectivity index (χ3n) is 7.44. The van der Waals surface area contributed by atoms with Gasteiger partial charge in [0.2, 0.25) is 5.43 Å². The fraction of sp³-hybridized carbons (Fsp3) is 0.147. The second kappa shape index (κ2) is 14.3. The van der Waals surface area contributed by atoms with Crippen LogP contribution in [0.25, 0.3) is 33.4 Å². The summed E-state index contributed by atoms with van der Waals surface area (Å²) in [6, 6.07) is 11.3. The molecule has 0 aromatic heterocycles. The molecular weight excluding hydrogens is 666 g/mol. The van der Waals surface area contributed by atoms with Crippen LogP contribution in [0, 0.1) is 11.6 Å². The van der Waals surface area contributed by atoms with Gasteiger partial charge in [0.05, 0.1) is 17.9 Å². The van der Waals surface area contributed by atoms with Crippen molar-refractivity contribution in [3.8, 4) is 33.9 Å². The number of anilines is 1. The highest BCUT2D eigenvalue weighted by Gasteiger charge is 2.25. The van der Waals surface area contributed by atoms with Crippen LogP contribution in [-0.2, 0) is 16.1 Å². The molecular formula is C34H26F2N2O12. The number of rotatable bonds is 13. The number of nitrogens with zero attached hydrogens (tertiary/aromatic N) is 1. The molecule has 0 unspecified atom stereocenters. The van der Waals surface area contributed by atoms with Crippen LogP contribution in [0.5, 0.6) is 11.5 Å². The van der Waals surface area contributed by atoms with Crippen LogP contribution in [0.1, 0.15) is 26.3 Å². The smallest absolute Gasteiger partial charge is 0.336 e. The molecule has 3 aromatic rings. The number of benzene rings is 4. The number of aromatic hydroxyl groups is 1. The normalized spacial score (nSPS) is 11.0. The molecule has 1 aliphatic carbocycles. The van der Waals surface area contributed by atoms with E-state index in [2.05, 4.69) is 5.32 Å². The molecule has 16 heteroatoms. The number of halogens is 2. The zero-order chi connectivity index (χ0) is 36.3. The first-order chi connectivity index (χ1) is 23.8. The summed E-state index contributed by atoms with van der Waals surface area (Å²) in [4.78, 5) is 61.5. The highest BCUT2D eigenvalue weighted by atomic mass is 19.1. The van der Waals surface area contributed by atoms with E-state index >= 15 is 0 Å². The van der Waals surface area contributed by atoms with E-state index < -0.39 is 71.9 Å². The van der Waals surface area contributed by atoms with Gasteiger partial charge < -0.3 is 44.9 Å². The van der Waals surface area contributed by atoms with Gasteiger partial charge in [-0.25, -0.2) is 13.6 Å². The van der Waals surface area contributed by atoms with Gasteiger partial charge in [0, 0.05) is 40.8 Å². The Labute approximate surface area is 279 Å². The maximum Gasteiger partial charge on any atom is 0.336 e. The Kier molecular flexibility index (Phi) is 9.94. The molecule has 0 fully saturated rings. The number of hydrogen-bond donors (Lipinski definition) is 6. The predicted molar refractivity (Wildman–Crippen MR) is 171 cm³/mol. The number of ether oxygens (including phenoxy) is 1. The molecule has 5 rings (SSSR count). The van der Waals surface area contributed by atoms with Crippen molar-refractivity contribution in [2.24, 2.45) is 0 Å². The lowest BCUT2D eigenvalue weighted by atomic mass is 9.89. The summed E-state index contributed by atoms with van der Waals surface area (Å²) in [5.41, 5.74) is -1.43. The molecule has 1 aliphatic heterocycles. The fourth-order valence-corrected chi connectivity index (χ4v) is 5.31. The van der Waals surface area contributed by atoms with Gasteiger partial charge >= 0.3 is 17.9 Å². The third-order valence-corrected chi connectivity index (χ3v) is 7.44. The van der Waals surface area contributed by atoms with E-state index in [4.69, 9.17) is 9.15 Å². The van der Waals surface area contributed by atoms with Gasteiger partial charge in [-0.15, -0.1) is 0 Å². The lowest BCUT2D eigenvalue weighted by Gasteiger charge is -2.24. The second-order valence-corrected chi connectivity index (χ2v) is 10.8. The molecule has 0 spiro atoms. The van der Waals surface area contributed by atoms with E-state index in [1.165, 1.54) is 30.3 Å². The van der Waals surface area contributed by atoms with Gasteiger partial charge in [-0.1, -0.05) is 12.1 Å². The van der Waals surface area contributed by atoms with Crippen LogP contribution in [0.15, 0.2) is 69.9 Å². The van der Waals surface area contributed by atoms with Crippen LogP contribution in [0.2, 0.25) is 0 Å². The summed E-state index contributed by atoms with van der Waals surface area (Å²) in [6.45, 7) is -2.12. The average molecular weight is 693 g/mol. The summed E-state index contributed by atoms with van der Waals surface area (Å²) >= 11 is 0. The van der Waals surface area contributed by atoms with Crippen LogP contribution in [0.3, 0.4) is 0 Å². The third kappa shape index (κ3) is 7.29. The molecule has 0 saturated carbocycles. The maximum absolute atomic E-state index is 14.5. The van der Waals surface area contributed by atoms with Gasteiger partial charge in [-0.05, 0) is 47.5 Å². The van der Waals surface area contributed by atoms with Gasteiger partial charge in [0.1, 0.15) is 36.8 Å². The first kappa shape index (κ1) is 34.8. The summed E-state index contributed by atoms with van der Waals surface area (Å²) in [5, 5.41) is 50.4. The molecule has 6 N–H and O–H groups in total. The number of phenols is 1. The van der Waals surface area contributed by atoms with Gasteiger partial charge in [-0.2, -0.15) is 0 Å². The van der Waals surface area contributed by atoms with E-state index in [-0.39, 0.29) is 63.6 Å². The first-order valence-electron chi connectivity index (χ1n) is 14.6. The number of amides is 1. The Hall–Kier alpha value is -6.55. The minimum absolute atomic E-state index is 0.0326. The standard InChI is InChI=1S/C34H26F2N2O12/c35-22-9-20-27(11-25(22)40)50-28-12-26(41)23(36)10-21(28)32(20)18-3-2-17(8-19(18)34(47)48)33(46)37-13-16-1-4-24(29(7-16)49-6-5-39)38(14-30(42)43)15-31(44)45/h1-4,7-12,39-40H,5-6,13-15H2,(H,37,46)(H,42,43)(H,44,45)(H,47,48). The fourth-order valence-electron chi connectivity index (χ4n) is 5.31. The Morgan fingerprint density at radius 3 is 2.24 bits per heavy atom. The summed E-state index contributed by atoms with van der Waals surface area (Å²) in [5.74, 6) is -8.06. The van der Waals surface area contributed by atoms with Crippen molar-refractivity contribution < 1.29 is 62.6 Å². The van der Waals surface area contributed by atoms with E-state index in [1.54, 1.807) is 0 Å². The number of aliphatic carboxylic acids is 2. The topological polar surface area (TPSA) is 224 Å². The number of aliphatic hydroxyl groups excluding tert-OH is 1. The summed E-state index contributed by atoms with van der Waals surface area (Å²) in [7, 11) is 0. The molecule has 1 heterocycles. The number of carboxylic acids is 3. The Morgan fingerprint density at radius 2 is 1.58 bits per heavy atom. The minimum Gasteiger partial charge on any atom is -0.505 e. The molecule has 258 valence electrons. The summed E-state index contributed by atoms with van der Waals surface area (Å²) in [6.07, 6.45) is 0. The molecule has 0 radical (unpaired) electrons. The van der Waals surface area contributed by atoms with Crippen LogP contribution in [0.4, 0.5) is 14.5 Å². The predicted octanol–water partition coefficient (Wildman–Crippen LogP) is 3.52. The van der Waals surface area contributed by atoms with Crippen LogP contribution >= 0.6 is 0 Å². The second-order valence-electron chi connectivity index (χ2n) is 10.8. The number of hydrogen-bond acceptors (Lipinski definition) is 10. The quantitative estimate of drug-likeness (QED) is 0.0973. The van der Waals surface area contributed by atoms with E-state index in [0.717, 1.165) is 35.2 Å². The van der Waals surface area contributed by atoms with Crippen molar-refractivity contribution >= 4 is 40.5 Å². The van der Waals surface area contributed by atoms with Crippen molar-refractivity contribution in [1.29, 1.82) is 0 Å². The maximum atomic E-state index is 14.5. The number of phenolic OH excluding ortho intramolecular Hbond substituents is 1. The van der Waals surface area contributed by atoms with Gasteiger partial charge in [0.15, 0.2) is 17.4 Å². The van der Waals surface area contributed by atoms with E-state index in [9.17, 15) is 58.3 Å². The van der Waals surface area contributed by atoms with Crippen molar-refractivity contribution in [3.05, 3.63) is 99.2 Å². The SMILES string of the molecule is O=C(O)CN(CC(=O)O)c1ccc(CNC(=O)c2ccc(-c3c4cc(F)c(=O)cc-4oc4cc(O)c(F)cc34)c(C(=O)O)c2)cc1OCCO. The highest BCUT2D eigenvalue weighted by Crippen LogP contribution is 2.43. The number of fused-ring (bicyclic) bond motifs is 2. The number of aliphatic hydroxyl groups is 1. The molecule has 0 bridgehead atoms. The number of carboxylic acid groups (broad SMARTS) is 3. The van der Waals surface area contributed by atoms with Gasteiger partial charge in [-0.3, -0.25) is 19.2 Å². The van der Waals surface area contributed by atoms with Crippen LogP contribution < -0.4 is 20.4 Å². The minimum atomic E-state index is -1.51. The Balaban J connectivity index is 1.50. The molecule has 0 atom stereocenters. The number of carbonyl (C=O) groups excluding carboxylic acids is 1. The van der Waals surface area contributed by atoms with Crippen molar-refractivity contribution in [2.75, 3.05) is 31.2 Å². The first-order valence-corrected chi connectivity index (χ1v) is 14.6. The lowest BCUT2D eigenvalue weighted by Crippen LogP contribution is -2.34. The number of aromatic carboxylic acids is 1. The van der Waals surface area contributed by atoms with Crippen molar-refractivity contribution in [3.63, 3.8) is 0 Å². The Bertz CT molecular complexity index is 2180. The highest BCUT2D eigenvalue weighted by molar-refractivity contribution is 6.09. The Morgan fingerprint density at radius 1 is 0.860 bits per heavy atom. The average Bonchev–Trinajstić information content (AvgIpc) is 3.06. The van der Waals surface area contributed by atoms with Crippen molar-refractivity contribution in [2.45, 2.75) is 6.54 Å². The van der Waals surface area contributed by atoms with Crippen molar-refractivity contribution in [1.82, 2.24) is 5.32 Å².